The second-order valence-electron chi connectivity index (χ2n) is 5.41. The van der Waals surface area contributed by atoms with Crippen molar-refractivity contribution in [2.75, 3.05) is 0 Å². The van der Waals surface area contributed by atoms with Crippen LogP contribution >= 0.6 is 12.4 Å². The van der Waals surface area contributed by atoms with Gasteiger partial charge in [-0.25, -0.2) is 4.68 Å². The number of nitrogens with two attached hydrogens (primary N) is 2. The van der Waals surface area contributed by atoms with E-state index in [0.29, 0.717) is 12.0 Å². The van der Waals surface area contributed by atoms with E-state index in [1.54, 1.807) is 10.9 Å². The Bertz CT molecular complexity index is 959. The highest BCUT2D eigenvalue weighted by Crippen LogP contribution is 2.26. The Balaban J connectivity index is 0.00000225. The molecule has 2 aromatic heterocycles. The molecule has 1 amide bonds. The van der Waals surface area contributed by atoms with Crippen LogP contribution in [0.25, 0.3) is 16.6 Å². The summed E-state index contributed by atoms with van der Waals surface area (Å²) in [6.45, 7) is 3.96. The number of aromatic nitrogens is 3. The minimum Gasteiger partial charge on any atom is -0.370 e. The number of guanidine groups is 1. The van der Waals surface area contributed by atoms with E-state index in [4.69, 9.17) is 11.5 Å². The number of halogens is 1. The molecule has 3 rings (SSSR count). The maximum Gasteiger partial charge on any atom is 0.283 e. The summed E-state index contributed by atoms with van der Waals surface area (Å²) in [6, 6.07) is 7.83. The van der Waals surface area contributed by atoms with Crippen LogP contribution < -0.4 is 11.5 Å². The first kappa shape index (κ1) is 18.4. The first-order valence-electron chi connectivity index (χ1n) is 7.58. The van der Waals surface area contributed by atoms with E-state index in [2.05, 4.69) is 15.1 Å². The van der Waals surface area contributed by atoms with Crippen LogP contribution in [0.5, 0.6) is 0 Å². The molecule has 3 aromatic rings. The number of fused-ring (bicyclic) bond motifs is 1. The zero-order valence-corrected chi connectivity index (χ0v) is 14.7. The van der Waals surface area contributed by atoms with Crippen molar-refractivity contribution in [1.82, 2.24) is 14.8 Å². The molecule has 0 radical (unpaired) electrons. The third-order valence-electron chi connectivity index (χ3n) is 3.83. The Hall–Kier alpha value is -2.93. The minimum absolute atomic E-state index is 0. The Morgan fingerprint density at radius 3 is 2.72 bits per heavy atom. The fourth-order valence-electron chi connectivity index (χ4n) is 2.79. The Morgan fingerprint density at radius 2 is 2.04 bits per heavy atom. The van der Waals surface area contributed by atoms with E-state index < -0.39 is 5.91 Å². The van der Waals surface area contributed by atoms with Gasteiger partial charge in [-0.1, -0.05) is 13.0 Å². The number of carbonyl (C=O) groups excluding carboxylic acids is 1. The topological polar surface area (TPSA) is 112 Å². The number of pyridine rings is 1. The summed E-state index contributed by atoms with van der Waals surface area (Å²) in [5, 5.41) is 5.38. The molecule has 0 unspecified atom stereocenters. The number of aryl methyl sites for hydroxylation is 1. The van der Waals surface area contributed by atoms with Crippen LogP contribution in [-0.2, 0) is 6.42 Å². The molecular formula is C17H19ClN6O. The van der Waals surface area contributed by atoms with Crippen molar-refractivity contribution in [3.05, 3.63) is 53.5 Å². The van der Waals surface area contributed by atoms with E-state index in [1.165, 1.54) is 6.20 Å². The van der Waals surface area contributed by atoms with Gasteiger partial charge in [0.2, 0.25) is 0 Å². The van der Waals surface area contributed by atoms with E-state index >= 15 is 0 Å². The molecule has 1 aromatic carbocycles. The third-order valence-corrected chi connectivity index (χ3v) is 3.83. The first-order chi connectivity index (χ1) is 11.5. The minimum atomic E-state index is -0.492. The van der Waals surface area contributed by atoms with Crippen molar-refractivity contribution in [3.63, 3.8) is 0 Å². The van der Waals surface area contributed by atoms with Crippen molar-refractivity contribution in [3.8, 4) is 5.69 Å². The van der Waals surface area contributed by atoms with Gasteiger partial charge in [0.15, 0.2) is 5.96 Å². The largest absolute Gasteiger partial charge is 0.370 e. The van der Waals surface area contributed by atoms with E-state index in [0.717, 1.165) is 27.8 Å². The van der Waals surface area contributed by atoms with Gasteiger partial charge < -0.3 is 11.5 Å². The Labute approximate surface area is 151 Å². The van der Waals surface area contributed by atoms with Gasteiger partial charge in [0.05, 0.1) is 28.7 Å². The van der Waals surface area contributed by atoms with E-state index in [-0.39, 0.29) is 18.4 Å². The van der Waals surface area contributed by atoms with Gasteiger partial charge in [-0.15, -0.1) is 12.4 Å². The molecule has 0 saturated heterocycles. The summed E-state index contributed by atoms with van der Waals surface area (Å²) in [5.74, 6) is -0.755. The number of hydrogen-bond acceptors (Lipinski definition) is 3. The molecule has 0 atom stereocenters. The molecule has 2 heterocycles. The van der Waals surface area contributed by atoms with Gasteiger partial charge in [0.25, 0.3) is 5.91 Å². The number of nitrogens with zero attached hydrogens (tertiary/aromatic N) is 4. The average Bonchev–Trinajstić information content (AvgIpc) is 2.97. The number of amides is 1. The highest BCUT2D eigenvalue weighted by molar-refractivity contribution is 6.02. The second-order valence-corrected chi connectivity index (χ2v) is 5.41. The van der Waals surface area contributed by atoms with Gasteiger partial charge in [-0.05, 0) is 37.1 Å². The van der Waals surface area contributed by atoms with E-state index in [1.807, 2.05) is 38.1 Å². The average molecular weight is 359 g/mol. The van der Waals surface area contributed by atoms with Crippen LogP contribution in [-0.4, -0.2) is 26.6 Å². The predicted octanol–water partition coefficient (Wildman–Crippen LogP) is 2.13. The molecule has 7 nitrogen and oxygen atoms in total. The quantitative estimate of drug-likeness (QED) is 0.550. The van der Waals surface area contributed by atoms with Crippen LogP contribution in [0, 0.1) is 6.92 Å². The Morgan fingerprint density at radius 1 is 1.28 bits per heavy atom. The predicted molar refractivity (Wildman–Crippen MR) is 100 cm³/mol. The highest BCUT2D eigenvalue weighted by atomic mass is 35.5. The molecule has 25 heavy (non-hydrogen) atoms. The maximum atomic E-state index is 12.2. The lowest BCUT2D eigenvalue weighted by Gasteiger charge is -2.13. The summed E-state index contributed by atoms with van der Waals surface area (Å²) < 4.78 is 1.77. The number of benzene rings is 1. The van der Waals surface area contributed by atoms with Crippen molar-refractivity contribution >= 4 is 35.2 Å². The molecule has 0 saturated carbocycles. The summed E-state index contributed by atoms with van der Waals surface area (Å²) >= 11 is 0. The lowest BCUT2D eigenvalue weighted by atomic mass is 10.1. The molecule has 0 spiro atoms. The number of carbonyl (C=O) groups is 1. The Kier molecular flexibility index (Phi) is 5.38. The van der Waals surface area contributed by atoms with E-state index in [9.17, 15) is 4.79 Å². The standard InChI is InChI=1S/C17H18N6O.ClH/c1-3-14-12(16(24)22-17(18)19)9-21-23(14)15-10(2)6-7-13-11(15)5-4-8-20-13;/h4-9H,3H2,1-2H3,(H4,18,19,22,24);1H. The molecule has 4 N–H and O–H groups in total. The normalized spacial score (nSPS) is 10.3. The molecule has 0 aliphatic carbocycles. The highest BCUT2D eigenvalue weighted by Gasteiger charge is 2.19. The van der Waals surface area contributed by atoms with Crippen LogP contribution in [0.1, 0.15) is 28.5 Å². The molecular weight excluding hydrogens is 340 g/mol. The third kappa shape index (κ3) is 3.32. The van der Waals surface area contributed by atoms with Gasteiger partial charge in [0.1, 0.15) is 0 Å². The molecule has 0 fully saturated rings. The maximum absolute atomic E-state index is 12.2. The summed E-state index contributed by atoms with van der Waals surface area (Å²) in [6.07, 6.45) is 3.86. The van der Waals surface area contributed by atoms with Crippen molar-refractivity contribution in [1.29, 1.82) is 0 Å². The van der Waals surface area contributed by atoms with Crippen LogP contribution in [0.15, 0.2) is 41.7 Å². The van der Waals surface area contributed by atoms with Crippen LogP contribution in [0.3, 0.4) is 0 Å². The lowest BCUT2D eigenvalue weighted by molar-refractivity contribution is 0.100. The zero-order chi connectivity index (χ0) is 17.3. The van der Waals surface area contributed by atoms with Gasteiger partial charge in [-0.3, -0.25) is 9.78 Å². The number of aliphatic imine (C=N–C) groups is 1. The van der Waals surface area contributed by atoms with Gasteiger partial charge in [0, 0.05) is 11.6 Å². The van der Waals surface area contributed by atoms with Gasteiger partial charge >= 0.3 is 0 Å². The monoisotopic (exact) mass is 358 g/mol. The first-order valence-corrected chi connectivity index (χ1v) is 7.58. The SMILES string of the molecule is CCc1c(C(=O)N=C(N)N)cnn1-c1c(C)ccc2ncccc12.Cl. The lowest BCUT2D eigenvalue weighted by Crippen LogP contribution is -2.24. The molecule has 0 aliphatic heterocycles. The summed E-state index contributed by atoms with van der Waals surface area (Å²) in [5.41, 5.74) is 14.6. The number of rotatable bonds is 3. The molecule has 0 bridgehead atoms. The molecule has 0 aliphatic rings. The summed E-state index contributed by atoms with van der Waals surface area (Å²) in [7, 11) is 0. The fraction of sp³-hybridized carbons (Fsp3) is 0.176. The smallest absolute Gasteiger partial charge is 0.283 e. The molecule has 8 heteroatoms. The van der Waals surface area contributed by atoms with Crippen molar-refractivity contribution < 1.29 is 4.79 Å². The van der Waals surface area contributed by atoms with Crippen LogP contribution in [0.4, 0.5) is 0 Å². The van der Waals surface area contributed by atoms with Gasteiger partial charge in [-0.2, -0.15) is 10.1 Å². The van der Waals surface area contributed by atoms with Crippen molar-refractivity contribution in [2.24, 2.45) is 16.5 Å². The van der Waals surface area contributed by atoms with Crippen LogP contribution in [0.2, 0.25) is 0 Å². The summed E-state index contributed by atoms with van der Waals surface area (Å²) in [4.78, 5) is 20.2. The second kappa shape index (κ2) is 7.31. The zero-order valence-electron chi connectivity index (χ0n) is 13.9. The van der Waals surface area contributed by atoms with Crippen molar-refractivity contribution in [2.45, 2.75) is 20.3 Å². The fourth-order valence-corrected chi connectivity index (χ4v) is 2.79. The molecule has 130 valence electrons. The number of hydrogen-bond donors (Lipinski definition) is 2.